The fourth-order valence-electron chi connectivity index (χ4n) is 2.83. The molecule has 0 saturated carbocycles. The van der Waals surface area contributed by atoms with E-state index >= 15 is 0 Å². The zero-order valence-corrected chi connectivity index (χ0v) is 18.0. The van der Waals surface area contributed by atoms with Crippen LogP contribution in [0.4, 0.5) is 0 Å². The molecule has 1 aromatic heterocycles. The van der Waals surface area contributed by atoms with Gasteiger partial charge in [-0.15, -0.1) is 0 Å². The van der Waals surface area contributed by atoms with E-state index < -0.39 is 0 Å². The molecule has 0 aliphatic carbocycles. The van der Waals surface area contributed by atoms with Gasteiger partial charge in [-0.25, -0.2) is 0 Å². The van der Waals surface area contributed by atoms with Crippen LogP contribution in [0, 0.1) is 0 Å². The van der Waals surface area contributed by atoms with Gasteiger partial charge in [-0.05, 0) is 35.3 Å². The summed E-state index contributed by atoms with van der Waals surface area (Å²) in [5, 5.41) is 9.59. The van der Waals surface area contributed by atoms with Crippen molar-refractivity contribution in [2.45, 2.75) is 0 Å². The zero-order valence-electron chi connectivity index (χ0n) is 17.1. The fraction of sp³-hybridized carbons (Fsp3) is 0.286. The van der Waals surface area contributed by atoms with Crippen LogP contribution in [0.1, 0.15) is 5.56 Å². The summed E-state index contributed by atoms with van der Waals surface area (Å²) < 4.78 is 31.4. The van der Waals surface area contributed by atoms with Crippen LogP contribution in [0.15, 0.2) is 54.3 Å². The first-order valence-corrected chi connectivity index (χ1v) is 9.37. The van der Waals surface area contributed by atoms with Crippen molar-refractivity contribution < 1.29 is 28.8 Å². The van der Waals surface area contributed by atoms with E-state index in [9.17, 15) is 5.11 Å². The smallest absolute Gasteiger partial charge is 0.201 e. The van der Waals surface area contributed by atoms with Gasteiger partial charge in [0.15, 0.2) is 23.0 Å². The van der Waals surface area contributed by atoms with Gasteiger partial charge in [0.2, 0.25) is 5.76 Å². The van der Waals surface area contributed by atoms with Crippen LogP contribution in [-0.4, -0.2) is 51.6 Å². The Bertz CT molecular complexity index is 910. The first-order chi connectivity index (χ1) is 14.1. The first kappa shape index (κ1) is 22.3. The molecule has 0 fully saturated rings. The lowest BCUT2D eigenvalue weighted by Gasteiger charge is -2.17. The second kappa shape index (κ2) is 10.5. The molecule has 156 valence electrons. The first-order valence-electron chi connectivity index (χ1n) is 8.60. The highest BCUT2D eigenvalue weighted by Gasteiger charge is 2.22. The van der Waals surface area contributed by atoms with Crippen LogP contribution in [-0.2, 0) is 14.2 Å². The number of aliphatic hydroxyl groups is 1. The second-order valence-corrected chi connectivity index (χ2v) is 6.41. The van der Waals surface area contributed by atoms with Crippen LogP contribution in [0.5, 0.6) is 11.5 Å². The van der Waals surface area contributed by atoms with Crippen molar-refractivity contribution in [1.82, 2.24) is 4.37 Å². The van der Waals surface area contributed by atoms with Gasteiger partial charge in [0.05, 0.1) is 40.4 Å². The Labute approximate surface area is 174 Å². The number of benzene rings is 1. The molecule has 2 aromatic rings. The van der Waals surface area contributed by atoms with Gasteiger partial charge < -0.3 is 28.8 Å². The van der Waals surface area contributed by atoms with Crippen LogP contribution < -0.4 is 9.47 Å². The van der Waals surface area contributed by atoms with Crippen molar-refractivity contribution in [3.05, 3.63) is 59.9 Å². The third kappa shape index (κ3) is 4.55. The average Bonchev–Trinajstić information content (AvgIpc) is 3.25. The number of aliphatic hydroxyl groups excluding tert-OH is 1. The maximum Gasteiger partial charge on any atom is 0.201 e. The second-order valence-electron chi connectivity index (χ2n) is 5.61. The number of rotatable bonds is 10. The van der Waals surface area contributed by atoms with Gasteiger partial charge in [-0.1, -0.05) is 12.7 Å². The maximum atomic E-state index is 9.59. The Morgan fingerprint density at radius 1 is 1.03 bits per heavy atom. The molecular weight excluding hydrogens is 394 g/mol. The van der Waals surface area contributed by atoms with Gasteiger partial charge in [-0.2, -0.15) is 4.37 Å². The number of hydrogen-bond donors (Lipinski definition) is 1. The van der Waals surface area contributed by atoms with Crippen LogP contribution in [0.2, 0.25) is 0 Å². The normalized spacial score (nSPS) is 12.5. The minimum absolute atomic E-state index is 0.236. The molecule has 0 unspecified atom stereocenters. The summed E-state index contributed by atoms with van der Waals surface area (Å²) in [4.78, 5) is 0.883. The number of methoxy groups -OCH3 is 5. The van der Waals surface area contributed by atoms with Gasteiger partial charge in [0, 0.05) is 17.3 Å². The lowest BCUT2D eigenvalue weighted by atomic mass is 10.0. The Balaban J connectivity index is 2.71. The summed E-state index contributed by atoms with van der Waals surface area (Å²) in [6, 6.07) is 5.64. The Morgan fingerprint density at radius 3 is 2.24 bits per heavy atom. The SMILES string of the molecule is C=C/C(=C(OC)\C(OC)=C(/CO)OC)c1cnsc1-c1ccc(OC)c(OC)c1. The molecule has 1 aromatic carbocycles. The highest BCUT2D eigenvalue weighted by atomic mass is 32.1. The monoisotopic (exact) mass is 419 g/mol. The summed E-state index contributed by atoms with van der Waals surface area (Å²) in [5.74, 6) is 2.13. The third-order valence-corrected chi connectivity index (χ3v) is 5.06. The summed E-state index contributed by atoms with van der Waals surface area (Å²) >= 11 is 1.32. The standard InChI is InChI=1S/C21H25NO6S/c1-7-14(19(27-5)20(28-6)18(12-23)26-4)15-11-22-29-21(15)13-8-9-16(24-2)17(10-13)25-3/h7-11,23H,1,12H2,2-6H3/b19-14-,20-18-. The quantitative estimate of drug-likeness (QED) is 0.463. The summed E-state index contributed by atoms with van der Waals surface area (Å²) in [5.41, 5.74) is 2.33. The molecule has 0 aliphatic heterocycles. The van der Waals surface area contributed by atoms with E-state index in [0.717, 1.165) is 16.0 Å². The van der Waals surface area contributed by atoms with Crippen molar-refractivity contribution in [2.75, 3.05) is 42.2 Å². The summed E-state index contributed by atoms with van der Waals surface area (Å²) in [6.07, 6.45) is 3.38. The maximum absolute atomic E-state index is 9.59. The molecule has 2 rings (SSSR count). The minimum Gasteiger partial charge on any atom is -0.495 e. The predicted molar refractivity (Wildman–Crippen MR) is 113 cm³/mol. The molecule has 7 nitrogen and oxygen atoms in total. The largest absolute Gasteiger partial charge is 0.495 e. The van der Waals surface area contributed by atoms with Crippen molar-refractivity contribution in [3.63, 3.8) is 0 Å². The topological polar surface area (TPSA) is 79.3 Å². The molecule has 1 heterocycles. The number of ether oxygens (including phenoxy) is 5. The van der Waals surface area contributed by atoms with Crippen molar-refractivity contribution in [3.8, 4) is 21.9 Å². The van der Waals surface area contributed by atoms with Gasteiger partial charge >= 0.3 is 0 Å². The number of hydrogen-bond acceptors (Lipinski definition) is 8. The van der Waals surface area contributed by atoms with Crippen LogP contribution in [0.3, 0.4) is 0 Å². The van der Waals surface area contributed by atoms with E-state index in [1.54, 1.807) is 26.5 Å². The number of nitrogens with zero attached hydrogens (tertiary/aromatic N) is 1. The summed E-state index contributed by atoms with van der Waals surface area (Å²) in [6.45, 7) is 3.58. The van der Waals surface area contributed by atoms with Crippen molar-refractivity contribution in [2.24, 2.45) is 0 Å². The molecule has 0 aliphatic rings. The van der Waals surface area contributed by atoms with E-state index in [-0.39, 0.29) is 18.1 Å². The fourth-order valence-corrected chi connectivity index (χ4v) is 3.59. The molecule has 0 radical (unpaired) electrons. The van der Waals surface area contributed by atoms with Gasteiger partial charge in [0.1, 0.15) is 6.61 Å². The van der Waals surface area contributed by atoms with Crippen LogP contribution in [0.25, 0.3) is 16.0 Å². The molecule has 0 bridgehead atoms. The lowest BCUT2D eigenvalue weighted by Crippen LogP contribution is -2.07. The lowest BCUT2D eigenvalue weighted by molar-refractivity contribution is 0.155. The molecule has 29 heavy (non-hydrogen) atoms. The zero-order chi connectivity index (χ0) is 21.4. The van der Waals surface area contributed by atoms with E-state index in [2.05, 4.69) is 11.0 Å². The molecule has 0 spiro atoms. The Kier molecular flexibility index (Phi) is 8.11. The van der Waals surface area contributed by atoms with Gasteiger partial charge in [0.25, 0.3) is 0 Å². The molecule has 1 N–H and O–H groups in total. The predicted octanol–water partition coefficient (Wildman–Crippen LogP) is 3.87. The van der Waals surface area contributed by atoms with E-state index in [1.165, 1.54) is 32.9 Å². The Morgan fingerprint density at radius 2 is 1.72 bits per heavy atom. The van der Waals surface area contributed by atoms with Crippen molar-refractivity contribution >= 4 is 17.1 Å². The van der Waals surface area contributed by atoms with E-state index in [0.29, 0.717) is 22.8 Å². The molecular formula is C21H25NO6S. The Hall–Kier alpha value is -2.97. The third-order valence-electron chi connectivity index (χ3n) is 4.21. The van der Waals surface area contributed by atoms with Crippen LogP contribution >= 0.6 is 11.5 Å². The van der Waals surface area contributed by atoms with E-state index in [1.807, 2.05) is 18.2 Å². The minimum atomic E-state index is -0.346. The average molecular weight is 419 g/mol. The highest BCUT2D eigenvalue weighted by molar-refractivity contribution is 7.09. The van der Waals surface area contributed by atoms with E-state index in [4.69, 9.17) is 23.7 Å². The molecule has 0 saturated heterocycles. The van der Waals surface area contributed by atoms with Crippen molar-refractivity contribution in [1.29, 1.82) is 0 Å². The molecule has 0 atom stereocenters. The van der Waals surface area contributed by atoms with Gasteiger partial charge in [-0.3, -0.25) is 0 Å². The summed E-state index contributed by atoms with van der Waals surface area (Å²) in [7, 11) is 7.62. The molecule has 0 amide bonds. The number of allylic oxidation sites excluding steroid dienone is 2. The molecule has 8 heteroatoms. The highest BCUT2D eigenvalue weighted by Crippen LogP contribution is 2.39. The number of aromatic nitrogens is 1.